The summed E-state index contributed by atoms with van der Waals surface area (Å²) in [5.74, 6) is 0.335. The number of hydrogen-bond donors (Lipinski definition) is 6. The maximum absolute atomic E-state index is 14.0. The van der Waals surface area contributed by atoms with Gasteiger partial charge in [0.15, 0.2) is 0 Å². The summed E-state index contributed by atoms with van der Waals surface area (Å²) in [6.07, 6.45) is 0.637. The van der Waals surface area contributed by atoms with E-state index in [0.717, 1.165) is 27.8 Å². The number of urea groups is 1. The molecule has 460 valence electrons. The summed E-state index contributed by atoms with van der Waals surface area (Å²) in [7, 11) is -12.6. The number of ether oxygens (including phenoxy) is 4. The molecule has 0 aliphatic rings. The van der Waals surface area contributed by atoms with Gasteiger partial charge in [-0.05, 0) is 210 Å². The van der Waals surface area contributed by atoms with Crippen LogP contribution in [0.15, 0.2) is 126 Å². The zero-order chi connectivity index (χ0) is 62.8. The second-order valence-electron chi connectivity index (χ2n) is 19.9. The van der Waals surface area contributed by atoms with E-state index in [9.17, 15) is 39.2 Å². The van der Waals surface area contributed by atoms with Crippen LogP contribution in [0.5, 0.6) is 23.0 Å². The van der Waals surface area contributed by atoms with Gasteiger partial charge in [-0.1, -0.05) is 0 Å². The Morgan fingerprint density at radius 1 is 0.395 bits per heavy atom. The van der Waals surface area contributed by atoms with Gasteiger partial charge in [0.05, 0.1) is 94.0 Å². The molecule has 6 N–H and O–H groups in total. The van der Waals surface area contributed by atoms with Crippen LogP contribution in [-0.4, -0.2) is 98.9 Å². The van der Waals surface area contributed by atoms with E-state index >= 15 is 0 Å². The largest absolute Gasteiger partial charge is 0.493 e. The van der Waals surface area contributed by atoms with Crippen molar-refractivity contribution in [2.75, 3.05) is 60.1 Å². The molecule has 6 aromatic carbocycles. The summed E-state index contributed by atoms with van der Waals surface area (Å²) >= 11 is 0.710. The molecule has 0 radical (unpaired) electrons. The molecule has 0 atom stereocenters. The minimum atomic E-state index is -4.22. The van der Waals surface area contributed by atoms with Crippen LogP contribution >= 0.6 is 12.0 Å². The molecule has 0 bridgehead atoms. The predicted molar refractivity (Wildman–Crippen MR) is 331 cm³/mol. The first-order chi connectivity index (χ1) is 40.6. The van der Waals surface area contributed by atoms with E-state index in [1.165, 1.54) is 0 Å². The Hall–Kier alpha value is -7.77. The van der Waals surface area contributed by atoms with Crippen molar-refractivity contribution < 1.29 is 67.2 Å². The van der Waals surface area contributed by atoms with Gasteiger partial charge in [0.25, 0.3) is 30.4 Å². The zero-order valence-electron chi connectivity index (χ0n) is 48.6. The lowest BCUT2D eigenvalue weighted by Crippen LogP contribution is -2.21. The van der Waals surface area contributed by atoms with Crippen molar-refractivity contribution in [3.05, 3.63) is 129 Å². The SMILES string of the molecule is Cc1cc(OCCSO)ccc1N=Nc1cc(C)c(N=Nc2cc(OCCCCS(=O)(=O)O)c(NC(=O)Nc3cc(C)c(N=Nc4cc(C)c(N=Nc5ccc(OCCS(=O)(=O)O)cc5C)cc4C)cc3OCCCCS(=O)(=O)O)cc2C)cc1C. The molecular weight excluding hydrogens is 1190 g/mol. The van der Waals surface area contributed by atoms with E-state index in [2.05, 4.69) is 51.5 Å². The van der Waals surface area contributed by atoms with Crippen molar-refractivity contribution in [3.8, 4) is 23.0 Å². The number of nitrogens with zero attached hydrogens (tertiary/aromatic N) is 8. The average Bonchev–Trinajstić information content (AvgIpc) is 3.63. The van der Waals surface area contributed by atoms with Crippen LogP contribution in [0.2, 0.25) is 0 Å². The van der Waals surface area contributed by atoms with Crippen LogP contribution in [0.4, 0.5) is 61.7 Å². The summed E-state index contributed by atoms with van der Waals surface area (Å²) in [5, 5.41) is 41.7. The smallest absolute Gasteiger partial charge is 0.323 e. The number of rotatable bonds is 30. The number of anilines is 2. The van der Waals surface area contributed by atoms with Crippen LogP contribution in [-0.2, 0) is 30.4 Å². The van der Waals surface area contributed by atoms with E-state index in [0.29, 0.717) is 98.1 Å². The lowest BCUT2D eigenvalue weighted by Gasteiger charge is -2.17. The van der Waals surface area contributed by atoms with Crippen molar-refractivity contribution in [1.29, 1.82) is 0 Å². The van der Waals surface area contributed by atoms with Gasteiger partial charge in [-0.15, -0.1) is 0 Å². The highest BCUT2D eigenvalue weighted by Gasteiger charge is 2.18. The second kappa shape index (κ2) is 31.0. The molecule has 86 heavy (non-hydrogen) atoms. The molecule has 0 fully saturated rings. The van der Waals surface area contributed by atoms with E-state index < -0.39 is 53.6 Å². The van der Waals surface area contributed by atoms with E-state index in [4.69, 9.17) is 28.1 Å². The van der Waals surface area contributed by atoms with Crippen LogP contribution in [0, 0.1) is 55.4 Å². The monoisotopic (exact) mass is 1260 g/mol. The van der Waals surface area contributed by atoms with Gasteiger partial charge in [0.1, 0.15) is 35.4 Å². The summed E-state index contributed by atoms with van der Waals surface area (Å²) in [6, 6.07) is 23.4. The third-order valence-corrected chi connectivity index (χ3v) is 15.3. The standard InChI is InChI=1S/C57H68N10O15S4/c1-35-25-43(79-19-21-83-69)13-15-45(35)60-62-47-27-39(5)49(29-37(47)3)64-66-51-33-55(81-17-9-11-22-84(70,71)72)53(31-41(51)7)58-57(68)59-54-32-42(8)52(34-56(54)82-18-10-12-23-85(73,74)75)67-65-50-30-38(4)48(28-40(50)6)63-61-46-16-14-44(26-36(46)2)80-20-24-86(76,77)78/h13-16,25-34,69H,9-12,17-24H2,1-8H3,(H2,58,59,68)(H,70,71,72)(H,73,74,75)(H,76,77,78). The lowest BCUT2D eigenvalue weighted by atomic mass is 10.1. The van der Waals surface area contributed by atoms with Gasteiger partial charge in [-0.25, -0.2) is 4.79 Å². The summed E-state index contributed by atoms with van der Waals surface area (Å²) < 4.78 is 128. The average molecular weight is 1260 g/mol. The molecule has 0 saturated heterocycles. The molecule has 0 unspecified atom stereocenters. The molecule has 0 aromatic heterocycles. The highest BCUT2D eigenvalue weighted by molar-refractivity contribution is 7.93. The number of hydrogen-bond acceptors (Lipinski definition) is 21. The van der Waals surface area contributed by atoms with Gasteiger partial charge in [0, 0.05) is 12.1 Å². The number of carbonyl (C=O) groups is 1. The molecule has 0 spiro atoms. The quantitative estimate of drug-likeness (QED) is 0.0106. The fourth-order valence-corrected chi connectivity index (χ4v) is 9.56. The Morgan fingerprint density at radius 2 is 0.709 bits per heavy atom. The summed E-state index contributed by atoms with van der Waals surface area (Å²) in [5.41, 5.74) is 10.4. The summed E-state index contributed by atoms with van der Waals surface area (Å²) in [4.78, 5) is 14.0. The number of nitrogens with one attached hydrogen (secondary N) is 2. The topological polar surface area (TPSA) is 360 Å². The first-order valence-electron chi connectivity index (χ1n) is 26.7. The Bertz CT molecular complexity index is 3900. The fourth-order valence-electron chi connectivity index (χ4n) is 7.97. The summed E-state index contributed by atoms with van der Waals surface area (Å²) in [6.45, 7) is 14.7. The predicted octanol–water partition coefficient (Wildman–Crippen LogP) is 15.4. The Morgan fingerprint density at radius 3 is 1.05 bits per heavy atom. The zero-order valence-corrected chi connectivity index (χ0v) is 51.8. The van der Waals surface area contributed by atoms with Gasteiger partial charge >= 0.3 is 6.03 Å². The van der Waals surface area contributed by atoms with Gasteiger partial charge in [0.2, 0.25) is 0 Å². The number of benzene rings is 6. The first kappa shape index (κ1) is 67.4. The minimum Gasteiger partial charge on any atom is -0.493 e. The van der Waals surface area contributed by atoms with Crippen LogP contribution in [0.25, 0.3) is 0 Å². The van der Waals surface area contributed by atoms with Gasteiger partial charge < -0.3 is 34.1 Å². The molecule has 0 aliphatic carbocycles. The third kappa shape index (κ3) is 21.9. The molecule has 2 amide bonds. The molecule has 25 nitrogen and oxygen atoms in total. The van der Waals surface area contributed by atoms with Crippen molar-refractivity contribution >= 4 is 105 Å². The lowest BCUT2D eigenvalue weighted by molar-refractivity contribution is 0.261. The van der Waals surface area contributed by atoms with Crippen LogP contribution in [0.1, 0.15) is 70.2 Å². The Kier molecular flexibility index (Phi) is 24.3. The molecule has 6 aromatic rings. The van der Waals surface area contributed by atoms with Crippen molar-refractivity contribution in [2.45, 2.75) is 81.1 Å². The fraction of sp³-hybridized carbons (Fsp3) is 0.351. The van der Waals surface area contributed by atoms with Crippen molar-refractivity contribution in [1.82, 2.24) is 0 Å². The number of unbranched alkanes of at least 4 members (excludes halogenated alkanes) is 2. The molecule has 0 aliphatic heterocycles. The number of amides is 2. The molecule has 0 heterocycles. The number of carbonyl (C=O) groups excluding carboxylic acids is 1. The molecule has 29 heteroatoms. The highest BCUT2D eigenvalue weighted by atomic mass is 32.2. The third-order valence-electron chi connectivity index (χ3n) is 12.7. The highest BCUT2D eigenvalue weighted by Crippen LogP contribution is 2.39. The van der Waals surface area contributed by atoms with Crippen LogP contribution < -0.4 is 29.6 Å². The van der Waals surface area contributed by atoms with E-state index in [1.807, 2.05) is 52.8 Å². The molecular formula is C57H68N10O15S4. The van der Waals surface area contributed by atoms with Gasteiger partial charge in [-0.3, -0.25) is 13.7 Å². The minimum absolute atomic E-state index is 0.000247. The normalized spacial score (nSPS) is 12.2. The van der Waals surface area contributed by atoms with Gasteiger partial charge in [-0.2, -0.15) is 66.2 Å². The number of azo groups is 4. The molecule has 0 saturated carbocycles. The van der Waals surface area contributed by atoms with Crippen LogP contribution in [0.3, 0.4) is 0 Å². The maximum Gasteiger partial charge on any atom is 0.323 e. The van der Waals surface area contributed by atoms with E-state index in [-0.39, 0.29) is 68.4 Å². The van der Waals surface area contributed by atoms with Crippen molar-refractivity contribution in [3.63, 3.8) is 0 Å². The van der Waals surface area contributed by atoms with Crippen molar-refractivity contribution in [2.24, 2.45) is 40.9 Å². The Labute approximate surface area is 504 Å². The van der Waals surface area contributed by atoms with E-state index in [1.54, 1.807) is 87.5 Å². The Balaban J connectivity index is 1.22. The maximum atomic E-state index is 14.0. The first-order valence-corrected chi connectivity index (χ1v) is 32.5. The molecule has 6 rings (SSSR count). The second-order valence-corrected chi connectivity index (χ2v) is 25.3. The number of aryl methyl sites for hydroxylation is 8.